The van der Waals surface area contributed by atoms with Crippen molar-refractivity contribution in [2.24, 2.45) is 0 Å². The molecule has 1 unspecified atom stereocenters. The highest BCUT2D eigenvalue weighted by atomic mass is 19.4. The van der Waals surface area contributed by atoms with E-state index in [2.05, 4.69) is 5.32 Å². The van der Waals surface area contributed by atoms with Gasteiger partial charge in [-0.1, -0.05) is 12.1 Å². The third-order valence-corrected chi connectivity index (χ3v) is 3.78. The smallest absolute Gasteiger partial charge is 0.373 e. The van der Waals surface area contributed by atoms with Gasteiger partial charge < -0.3 is 5.32 Å². The summed E-state index contributed by atoms with van der Waals surface area (Å²) in [6, 6.07) is 8.48. The summed E-state index contributed by atoms with van der Waals surface area (Å²) < 4.78 is 52.3. The number of hydrogen-bond acceptors (Lipinski definition) is 3. The second kappa shape index (κ2) is 6.19. The lowest BCUT2D eigenvalue weighted by molar-refractivity contribution is -0.137. The third-order valence-electron chi connectivity index (χ3n) is 3.78. The summed E-state index contributed by atoms with van der Waals surface area (Å²) in [6.45, 7) is 0. The highest BCUT2D eigenvalue weighted by Crippen LogP contribution is 2.38. The van der Waals surface area contributed by atoms with E-state index >= 15 is 0 Å². The van der Waals surface area contributed by atoms with Crippen molar-refractivity contribution in [1.82, 2.24) is 0 Å². The molecule has 0 aliphatic carbocycles. The van der Waals surface area contributed by atoms with Gasteiger partial charge in [-0.2, -0.15) is 13.2 Å². The van der Waals surface area contributed by atoms with Crippen molar-refractivity contribution >= 4 is 23.2 Å². The number of amides is 2. The average Bonchev–Trinajstić information content (AvgIpc) is 2.83. The number of carbonyl (C=O) groups is 2. The number of nitrogens with one attached hydrogen (secondary N) is 1. The number of halogens is 4. The van der Waals surface area contributed by atoms with Crippen LogP contribution >= 0.6 is 0 Å². The minimum absolute atomic E-state index is 0.289. The number of alkyl halides is 3. The Morgan fingerprint density at radius 3 is 2.28 bits per heavy atom. The van der Waals surface area contributed by atoms with E-state index < -0.39 is 41.1 Å². The third kappa shape index (κ3) is 3.33. The Morgan fingerprint density at radius 2 is 1.64 bits per heavy atom. The average molecular weight is 352 g/mol. The molecule has 2 amide bonds. The molecule has 1 aliphatic heterocycles. The van der Waals surface area contributed by atoms with Gasteiger partial charge in [0.25, 0.3) is 5.91 Å². The molecule has 4 nitrogen and oxygen atoms in total. The van der Waals surface area contributed by atoms with Crippen molar-refractivity contribution in [3.8, 4) is 0 Å². The van der Waals surface area contributed by atoms with Gasteiger partial charge in [0.05, 0.1) is 17.7 Å². The van der Waals surface area contributed by atoms with Crippen LogP contribution in [0.1, 0.15) is 12.0 Å². The Hall–Kier alpha value is -2.90. The van der Waals surface area contributed by atoms with Gasteiger partial charge in [0.15, 0.2) is 0 Å². The number of rotatable bonds is 3. The molecule has 0 saturated carbocycles. The van der Waals surface area contributed by atoms with Crippen molar-refractivity contribution < 1.29 is 27.2 Å². The summed E-state index contributed by atoms with van der Waals surface area (Å²) in [5.74, 6) is -1.99. The summed E-state index contributed by atoms with van der Waals surface area (Å²) in [5.41, 5.74) is -1.16. The maximum Gasteiger partial charge on any atom is 0.418 e. The predicted octanol–water partition coefficient (Wildman–Crippen LogP) is 3.59. The predicted molar refractivity (Wildman–Crippen MR) is 82.4 cm³/mol. The number of anilines is 2. The minimum Gasteiger partial charge on any atom is -0.373 e. The van der Waals surface area contributed by atoms with Gasteiger partial charge in [0.2, 0.25) is 5.91 Å². The molecule has 25 heavy (non-hydrogen) atoms. The van der Waals surface area contributed by atoms with E-state index in [1.165, 1.54) is 36.4 Å². The van der Waals surface area contributed by atoms with Crippen LogP contribution in [0.5, 0.6) is 0 Å². The molecule has 2 aromatic carbocycles. The van der Waals surface area contributed by atoms with Crippen molar-refractivity contribution in [3.05, 3.63) is 59.9 Å². The zero-order chi connectivity index (χ0) is 18.2. The van der Waals surface area contributed by atoms with E-state index in [0.29, 0.717) is 10.6 Å². The summed E-state index contributed by atoms with van der Waals surface area (Å²) in [4.78, 5) is 25.2. The first-order valence-corrected chi connectivity index (χ1v) is 7.32. The van der Waals surface area contributed by atoms with E-state index in [0.717, 1.165) is 12.1 Å². The van der Waals surface area contributed by atoms with E-state index in [1.54, 1.807) is 0 Å². The monoisotopic (exact) mass is 352 g/mol. The van der Waals surface area contributed by atoms with Gasteiger partial charge in [-0.25, -0.2) is 9.29 Å². The summed E-state index contributed by atoms with van der Waals surface area (Å²) in [5, 5.41) is 2.75. The quantitative estimate of drug-likeness (QED) is 0.678. The van der Waals surface area contributed by atoms with Gasteiger partial charge in [-0.15, -0.1) is 0 Å². The number of carbonyl (C=O) groups excluding carboxylic acids is 2. The number of para-hydroxylation sites is 1. The van der Waals surface area contributed by atoms with E-state index in [9.17, 15) is 27.2 Å². The Kier molecular flexibility index (Phi) is 4.20. The maximum absolute atomic E-state index is 13.1. The number of nitrogens with zero attached hydrogens (tertiary/aromatic N) is 1. The zero-order valence-electron chi connectivity index (χ0n) is 12.7. The van der Waals surface area contributed by atoms with Crippen molar-refractivity contribution in [1.29, 1.82) is 0 Å². The van der Waals surface area contributed by atoms with E-state index in [4.69, 9.17) is 0 Å². The Balaban J connectivity index is 1.89. The standard InChI is InChI=1S/C17H12F4N2O2/c18-10-5-7-11(8-6-10)22-13-9-15(24)23(16(13)25)14-4-2-1-3-12(14)17(19,20)21/h1-8,13,22H,9H2. The SMILES string of the molecule is O=C1CC(Nc2ccc(F)cc2)C(=O)N1c1ccccc1C(F)(F)F. The van der Waals surface area contributed by atoms with E-state index in [1.807, 2.05) is 0 Å². The van der Waals surface area contributed by atoms with Gasteiger partial charge in [-0.05, 0) is 36.4 Å². The van der Waals surface area contributed by atoms with Crippen LogP contribution in [0.15, 0.2) is 48.5 Å². The number of benzene rings is 2. The molecule has 1 aliphatic rings. The lowest BCUT2D eigenvalue weighted by atomic mass is 10.1. The van der Waals surface area contributed by atoms with Crippen LogP contribution < -0.4 is 10.2 Å². The van der Waals surface area contributed by atoms with Crippen LogP contribution in [0.2, 0.25) is 0 Å². The minimum atomic E-state index is -4.69. The maximum atomic E-state index is 13.1. The topological polar surface area (TPSA) is 49.4 Å². The molecule has 130 valence electrons. The van der Waals surface area contributed by atoms with E-state index in [-0.39, 0.29) is 6.42 Å². The largest absolute Gasteiger partial charge is 0.418 e. The molecule has 1 saturated heterocycles. The van der Waals surface area contributed by atoms with Crippen LogP contribution in [0, 0.1) is 5.82 Å². The molecule has 2 aromatic rings. The normalized spacial score (nSPS) is 17.9. The molecule has 0 radical (unpaired) electrons. The first kappa shape index (κ1) is 16.9. The summed E-state index contributed by atoms with van der Waals surface area (Å²) in [6.07, 6.45) is -4.98. The van der Waals surface area contributed by atoms with Gasteiger partial charge >= 0.3 is 6.18 Å². The Labute approximate surface area is 140 Å². The lowest BCUT2D eigenvalue weighted by Crippen LogP contribution is -2.36. The molecule has 0 aromatic heterocycles. The summed E-state index contributed by atoms with van der Waals surface area (Å²) in [7, 11) is 0. The highest BCUT2D eigenvalue weighted by Gasteiger charge is 2.44. The second-order valence-corrected chi connectivity index (χ2v) is 5.49. The fourth-order valence-corrected chi connectivity index (χ4v) is 2.65. The zero-order valence-corrected chi connectivity index (χ0v) is 12.7. The fraction of sp³-hybridized carbons (Fsp3) is 0.176. The summed E-state index contributed by atoms with van der Waals surface area (Å²) >= 11 is 0. The van der Waals surface area contributed by atoms with Crippen LogP contribution in [0.25, 0.3) is 0 Å². The van der Waals surface area contributed by atoms with Crippen LogP contribution in [0.3, 0.4) is 0 Å². The molecule has 1 N–H and O–H groups in total. The molecule has 1 atom stereocenters. The molecule has 0 spiro atoms. The Morgan fingerprint density at radius 1 is 1.00 bits per heavy atom. The second-order valence-electron chi connectivity index (χ2n) is 5.49. The van der Waals surface area contributed by atoms with Crippen LogP contribution in [-0.2, 0) is 15.8 Å². The lowest BCUT2D eigenvalue weighted by Gasteiger charge is -2.20. The Bertz CT molecular complexity index is 818. The molecule has 0 bridgehead atoms. The van der Waals surface area contributed by atoms with Crippen LogP contribution in [-0.4, -0.2) is 17.9 Å². The highest BCUT2D eigenvalue weighted by molar-refractivity contribution is 6.23. The van der Waals surface area contributed by atoms with Gasteiger partial charge in [0, 0.05) is 5.69 Å². The fourth-order valence-electron chi connectivity index (χ4n) is 2.65. The van der Waals surface area contributed by atoms with Gasteiger partial charge in [-0.3, -0.25) is 9.59 Å². The van der Waals surface area contributed by atoms with Gasteiger partial charge in [0.1, 0.15) is 11.9 Å². The van der Waals surface area contributed by atoms with Crippen molar-refractivity contribution in [2.75, 3.05) is 10.2 Å². The number of hydrogen-bond donors (Lipinski definition) is 1. The molecular formula is C17H12F4N2O2. The molecular weight excluding hydrogens is 340 g/mol. The molecule has 1 heterocycles. The molecule has 1 fully saturated rings. The first-order chi connectivity index (χ1) is 11.8. The molecule has 3 rings (SSSR count). The molecule has 8 heteroatoms. The van der Waals surface area contributed by atoms with Crippen molar-refractivity contribution in [3.63, 3.8) is 0 Å². The van der Waals surface area contributed by atoms with Crippen LogP contribution in [0.4, 0.5) is 28.9 Å². The first-order valence-electron chi connectivity index (χ1n) is 7.32. The number of imide groups is 1. The van der Waals surface area contributed by atoms with Crippen molar-refractivity contribution in [2.45, 2.75) is 18.6 Å².